The molecule has 0 radical (unpaired) electrons. The highest BCUT2D eigenvalue weighted by Gasteiger charge is 2.41. The zero-order valence-corrected chi connectivity index (χ0v) is 8.90. The molecule has 1 spiro atoms. The smallest absolute Gasteiger partial charge is 0.0206 e. The summed E-state index contributed by atoms with van der Waals surface area (Å²) in [6.07, 6.45) is 8.81. The number of nitrogens with zero attached hydrogens (tertiary/aromatic N) is 1. The van der Waals surface area contributed by atoms with Crippen molar-refractivity contribution in [3.63, 3.8) is 0 Å². The molecule has 1 nitrogen and oxygen atoms in total. The molecule has 2 rings (SSSR count). The Morgan fingerprint density at radius 3 is 1.83 bits per heavy atom. The first-order chi connectivity index (χ1) is 5.83. The van der Waals surface area contributed by atoms with Crippen LogP contribution < -0.4 is 0 Å². The fourth-order valence-corrected chi connectivity index (χ4v) is 2.45. The number of hydrogen-bond acceptors (Lipinski definition) is 1. The van der Waals surface area contributed by atoms with Crippen molar-refractivity contribution in [1.82, 2.24) is 4.90 Å². The summed E-state index contributed by atoms with van der Waals surface area (Å²) in [4.78, 5) is 2.60. The summed E-state index contributed by atoms with van der Waals surface area (Å²) in [7, 11) is 2.30. The van der Waals surface area contributed by atoms with Gasteiger partial charge >= 0.3 is 0 Å². The molecule has 1 saturated carbocycles. The van der Waals surface area contributed by atoms with Crippen molar-refractivity contribution >= 4 is 0 Å². The molecule has 1 aliphatic heterocycles. The SMILES string of the molecule is CC.CN1CCCCC12CCC2. The minimum Gasteiger partial charge on any atom is -0.301 e. The zero-order chi connectivity index (χ0) is 9.03. The van der Waals surface area contributed by atoms with Crippen LogP contribution in [0.5, 0.6) is 0 Å². The lowest BCUT2D eigenvalue weighted by Gasteiger charge is -2.51. The first-order valence-corrected chi connectivity index (χ1v) is 5.55. The number of piperidine rings is 1. The molecule has 1 heterocycles. The summed E-state index contributed by atoms with van der Waals surface area (Å²) in [5, 5.41) is 0. The van der Waals surface area contributed by atoms with Crippen LogP contribution in [0.25, 0.3) is 0 Å². The Hall–Kier alpha value is -0.0400. The molecule has 1 saturated heterocycles. The van der Waals surface area contributed by atoms with Gasteiger partial charge in [0.1, 0.15) is 0 Å². The maximum absolute atomic E-state index is 2.60. The average molecular weight is 169 g/mol. The van der Waals surface area contributed by atoms with Gasteiger partial charge in [-0.3, -0.25) is 0 Å². The Balaban J connectivity index is 0.000000336. The van der Waals surface area contributed by atoms with Crippen molar-refractivity contribution < 1.29 is 0 Å². The summed E-state index contributed by atoms with van der Waals surface area (Å²) in [6.45, 7) is 5.35. The fraction of sp³-hybridized carbons (Fsp3) is 1.00. The van der Waals surface area contributed by atoms with Gasteiger partial charge in [-0.1, -0.05) is 20.3 Å². The molecule has 0 atom stereocenters. The van der Waals surface area contributed by atoms with E-state index in [2.05, 4.69) is 11.9 Å². The largest absolute Gasteiger partial charge is 0.301 e. The molecule has 0 unspecified atom stereocenters. The molecule has 72 valence electrons. The molecule has 1 aliphatic carbocycles. The molecule has 0 bridgehead atoms. The van der Waals surface area contributed by atoms with Crippen LogP contribution in [0.2, 0.25) is 0 Å². The molecule has 0 aromatic carbocycles. The highest BCUT2D eigenvalue weighted by Crippen LogP contribution is 2.43. The predicted octanol–water partition coefficient (Wildman–Crippen LogP) is 3.05. The standard InChI is InChI=1S/C9H17N.C2H6/c1-10-8-3-2-5-9(10)6-4-7-9;1-2/h2-8H2,1H3;1-2H3. The van der Waals surface area contributed by atoms with E-state index in [4.69, 9.17) is 0 Å². The second-order valence-corrected chi connectivity index (χ2v) is 3.96. The highest BCUT2D eigenvalue weighted by atomic mass is 15.2. The number of likely N-dealkylation sites (tertiary alicyclic amines) is 1. The maximum atomic E-state index is 2.60. The van der Waals surface area contributed by atoms with Crippen molar-refractivity contribution in [2.24, 2.45) is 0 Å². The van der Waals surface area contributed by atoms with E-state index in [9.17, 15) is 0 Å². The Bertz CT molecular complexity index is 127. The lowest BCUT2D eigenvalue weighted by molar-refractivity contribution is 0.00418. The molecule has 0 aromatic rings. The van der Waals surface area contributed by atoms with Crippen molar-refractivity contribution in [1.29, 1.82) is 0 Å². The summed E-state index contributed by atoms with van der Waals surface area (Å²) in [5.74, 6) is 0. The van der Waals surface area contributed by atoms with E-state index in [-0.39, 0.29) is 0 Å². The van der Waals surface area contributed by atoms with E-state index in [1.54, 1.807) is 0 Å². The van der Waals surface area contributed by atoms with Gasteiger partial charge in [0.15, 0.2) is 0 Å². The highest BCUT2D eigenvalue weighted by molar-refractivity contribution is 4.98. The summed E-state index contributed by atoms with van der Waals surface area (Å²) in [6, 6.07) is 0. The quantitative estimate of drug-likeness (QED) is 0.539. The van der Waals surface area contributed by atoms with E-state index in [0.29, 0.717) is 5.54 Å². The lowest BCUT2D eigenvalue weighted by atomic mass is 9.70. The van der Waals surface area contributed by atoms with Gasteiger partial charge in [0, 0.05) is 5.54 Å². The molecule has 2 fully saturated rings. The second kappa shape index (κ2) is 4.27. The van der Waals surface area contributed by atoms with Crippen LogP contribution in [0.4, 0.5) is 0 Å². The molecular weight excluding hydrogens is 146 g/mol. The van der Waals surface area contributed by atoms with Gasteiger partial charge in [0.05, 0.1) is 0 Å². The van der Waals surface area contributed by atoms with Crippen LogP contribution in [0.15, 0.2) is 0 Å². The van der Waals surface area contributed by atoms with Crippen LogP contribution in [0.3, 0.4) is 0 Å². The third-order valence-electron chi connectivity index (χ3n) is 3.48. The van der Waals surface area contributed by atoms with Gasteiger partial charge in [0.25, 0.3) is 0 Å². The Morgan fingerprint density at radius 2 is 1.50 bits per heavy atom. The Morgan fingerprint density at radius 1 is 0.917 bits per heavy atom. The van der Waals surface area contributed by atoms with Crippen LogP contribution in [-0.2, 0) is 0 Å². The van der Waals surface area contributed by atoms with Crippen molar-refractivity contribution in [2.75, 3.05) is 13.6 Å². The lowest BCUT2D eigenvalue weighted by Crippen LogP contribution is -2.54. The van der Waals surface area contributed by atoms with E-state index in [1.165, 1.54) is 45.1 Å². The van der Waals surface area contributed by atoms with Gasteiger partial charge in [-0.05, 0) is 45.7 Å². The van der Waals surface area contributed by atoms with Crippen molar-refractivity contribution in [2.45, 2.75) is 57.9 Å². The van der Waals surface area contributed by atoms with Gasteiger partial charge in [0.2, 0.25) is 0 Å². The van der Waals surface area contributed by atoms with Gasteiger partial charge in [-0.15, -0.1) is 0 Å². The molecule has 0 aromatic heterocycles. The molecule has 0 N–H and O–H groups in total. The maximum Gasteiger partial charge on any atom is 0.0206 e. The monoisotopic (exact) mass is 169 g/mol. The average Bonchev–Trinajstić information content (AvgIpc) is 2.06. The molecule has 2 aliphatic rings. The zero-order valence-electron chi connectivity index (χ0n) is 8.90. The minimum absolute atomic E-state index is 0.693. The predicted molar refractivity (Wildman–Crippen MR) is 54.4 cm³/mol. The normalized spacial score (nSPS) is 27.2. The fourth-order valence-electron chi connectivity index (χ4n) is 2.45. The van der Waals surface area contributed by atoms with E-state index < -0.39 is 0 Å². The third kappa shape index (κ3) is 1.66. The topological polar surface area (TPSA) is 3.24 Å². The second-order valence-electron chi connectivity index (χ2n) is 3.96. The Kier molecular flexibility index (Phi) is 3.57. The van der Waals surface area contributed by atoms with Gasteiger partial charge in [-0.25, -0.2) is 0 Å². The first kappa shape index (κ1) is 10.0. The number of hydrogen-bond donors (Lipinski definition) is 0. The minimum atomic E-state index is 0.693. The third-order valence-corrected chi connectivity index (χ3v) is 3.48. The summed E-state index contributed by atoms with van der Waals surface area (Å²) >= 11 is 0. The van der Waals surface area contributed by atoms with Gasteiger partial charge < -0.3 is 4.90 Å². The molecule has 0 amide bonds. The van der Waals surface area contributed by atoms with Crippen LogP contribution in [0.1, 0.15) is 52.4 Å². The van der Waals surface area contributed by atoms with Crippen LogP contribution in [0, 0.1) is 0 Å². The van der Waals surface area contributed by atoms with Gasteiger partial charge in [-0.2, -0.15) is 0 Å². The summed E-state index contributed by atoms with van der Waals surface area (Å²) in [5.41, 5.74) is 0.693. The first-order valence-electron chi connectivity index (χ1n) is 5.55. The molecular formula is C11H23N. The summed E-state index contributed by atoms with van der Waals surface area (Å²) < 4.78 is 0. The van der Waals surface area contributed by atoms with Crippen LogP contribution >= 0.6 is 0 Å². The van der Waals surface area contributed by atoms with E-state index in [1.807, 2.05) is 13.8 Å². The van der Waals surface area contributed by atoms with Crippen molar-refractivity contribution in [3.05, 3.63) is 0 Å². The molecule has 1 heteroatoms. The van der Waals surface area contributed by atoms with E-state index >= 15 is 0 Å². The van der Waals surface area contributed by atoms with E-state index in [0.717, 1.165) is 0 Å². The number of rotatable bonds is 0. The van der Waals surface area contributed by atoms with Crippen LogP contribution in [-0.4, -0.2) is 24.0 Å². The Labute approximate surface area is 77.1 Å². The van der Waals surface area contributed by atoms with Crippen molar-refractivity contribution in [3.8, 4) is 0 Å². The molecule has 12 heavy (non-hydrogen) atoms.